The molecule has 0 aliphatic carbocycles. The highest BCUT2D eigenvalue weighted by Gasteiger charge is 2.22. The molecule has 2 rings (SSSR count). The third kappa shape index (κ3) is 6.67. The van der Waals surface area contributed by atoms with E-state index in [9.17, 15) is 4.79 Å². The number of halogens is 1. The third-order valence-corrected chi connectivity index (χ3v) is 4.41. The van der Waals surface area contributed by atoms with E-state index in [1.165, 1.54) is 5.56 Å². The Balaban J connectivity index is 0.00000288. The molecule has 1 fully saturated rings. The standard InChI is InChI=1S/C18H28N2O3.ClH/c1-22-12-9-19-14-18(21)20-10-7-16(8-11-20)13-15-3-5-17(23-2)6-4-15;/h3-6,16,19H,7-14H2,1-2H3;1H. The van der Waals surface area contributed by atoms with Crippen molar-refractivity contribution in [2.45, 2.75) is 19.3 Å². The van der Waals surface area contributed by atoms with Crippen LogP contribution in [0, 0.1) is 5.92 Å². The summed E-state index contributed by atoms with van der Waals surface area (Å²) >= 11 is 0. The van der Waals surface area contributed by atoms with E-state index < -0.39 is 0 Å². The number of methoxy groups -OCH3 is 2. The average Bonchev–Trinajstić information content (AvgIpc) is 2.60. The monoisotopic (exact) mass is 356 g/mol. The first-order valence-corrected chi connectivity index (χ1v) is 8.33. The van der Waals surface area contributed by atoms with Crippen molar-refractivity contribution >= 4 is 18.3 Å². The molecule has 0 radical (unpaired) electrons. The first-order valence-electron chi connectivity index (χ1n) is 8.33. The van der Waals surface area contributed by atoms with Gasteiger partial charge in [0.15, 0.2) is 0 Å². The number of piperidine rings is 1. The number of carbonyl (C=O) groups excluding carboxylic acids is 1. The normalized spacial score (nSPS) is 15.0. The smallest absolute Gasteiger partial charge is 0.236 e. The Morgan fingerprint density at radius 3 is 2.46 bits per heavy atom. The highest BCUT2D eigenvalue weighted by molar-refractivity contribution is 5.85. The summed E-state index contributed by atoms with van der Waals surface area (Å²) < 4.78 is 10.1. The summed E-state index contributed by atoms with van der Waals surface area (Å²) in [6, 6.07) is 8.30. The summed E-state index contributed by atoms with van der Waals surface area (Å²) in [5, 5.41) is 3.12. The molecule has 1 heterocycles. The zero-order valence-electron chi connectivity index (χ0n) is 14.6. The maximum atomic E-state index is 12.1. The number of carbonyl (C=O) groups is 1. The van der Waals surface area contributed by atoms with Crippen molar-refractivity contribution in [2.24, 2.45) is 5.92 Å². The van der Waals surface area contributed by atoms with Crippen molar-refractivity contribution in [3.05, 3.63) is 29.8 Å². The fraction of sp³-hybridized carbons (Fsp3) is 0.611. The van der Waals surface area contributed by atoms with Gasteiger partial charge in [-0.3, -0.25) is 4.79 Å². The first kappa shape index (κ1) is 20.7. The molecule has 1 N–H and O–H groups in total. The lowest BCUT2D eigenvalue weighted by Gasteiger charge is -2.32. The molecule has 1 aliphatic rings. The summed E-state index contributed by atoms with van der Waals surface area (Å²) in [5.74, 6) is 1.76. The number of rotatable bonds is 8. The minimum absolute atomic E-state index is 0. The van der Waals surface area contributed by atoms with Crippen LogP contribution in [-0.4, -0.2) is 57.8 Å². The molecule has 1 amide bonds. The predicted octanol–water partition coefficient (Wildman–Crippen LogP) is 2.13. The molecule has 1 aromatic carbocycles. The van der Waals surface area contributed by atoms with Crippen molar-refractivity contribution in [3.63, 3.8) is 0 Å². The van der Waals surface area contributed by atoms with Gasteiger partial charge >= 0.3 is 0 Å². The second kappa shape index (κ2) is 11.3. The molecule has 0 spiro atoms. The van der Waals surface area contributed by atoms with E-state index in [-0.39, 0.29) is 18.3 Å². The molecule has 136 valence electrons. The van der Waals surface area contributed by atoms with Crippen molar-refractivity contribution in [3.8, 4) is 5.75 Å². The number of amides is 1. The van der Waals surface area contributed by atoms with Crippen molar-refractivity contribution in [1.29, 1.82) is 0 Å². The fourth-order valence-corrected chi connectivity index (χ4v) is 2.96. The van der Waals surface area contributed by atoms with Crippen molar-refractivity contribution < 1.29 is 14.3 Å². The molecule has 1 aliphatic heterocycles. The summed E-state index contributed by atoms with van der Waals surface area (Å²) in [7, 11) is 3.35. The van der Waals surface area contributed by atoms with E-state index in [1.54, 1.807) is 14.2 Å². The van der Waals surface area contributed by atoms with Gasteiger partial charge in [-0.2, -0.15) is 0 Å². The number of benzene rings is 1. The summed E-state index contributed by atoms with van der Waals surface area (Å²) in [4.78, 5) is 14.1. The lowest BCUT2D eigenvalue weighted by Crippen LogP contribution is -2.43. The van der Waals surface area contributed by atoms with Crippen LogP contribution in [0.4, 0.5) is 0 Å². The molecule has 0 saturated carbocycles. The molecular formula is C18H29ClN2O3. The topological polar surface area (TPSA) is 50.8 Å². The highest BCUT2D eigenvalue weighted by Crippen LogP contribution is 2.22. The molecule has 1 aromatic rings. The molecule has 0 bridgehead atoms. The molecule has 5 nitrogen and oxygen atoms in total. The summed E-state index contributed by atoms with van der Waals surface area (Å²) in [6.07, 6.45) is 3.24. The molecule has 1 saturated heterocycles. The second-order valence-electron chi connectivity index (χ2n) is 6.05. The molecule has 0 atom stereocenters. The maximum Gasteiger partial charge on any atom is 0.236 e. The van der Waals surface area contributed by atoms with Gasteiger partial charge in [-0.1, -0.05) is 12.1 Å². The number of hydrogen-bond acceptors (Lipinski definition) is 4. The van der Waals surface area contributed by atoms with Crippen LogP contribution in [0.2, 0.25) is 0 Å². The van der Waals surface area contributed by atoms with Crippen LogP contribution in [0.25, 0.3) is 0 Å². The van der Waals surface area contributed by atoms with Gasteiger partial charge in [-0.15, -0.1) is 12.4 Å². The van der Waals surface area contributed by atoms with E-state index >= 15 is 0 Å². The zero-order chi connectivity index (χ0) is 16.5. The van der Waals surface area contributed by atoms with E-state index in [1.807, 2.05) is 17.0 Å². The number of ether oxygens (including phenoxy) is 2. The van der Waals surface area contributed by atoms with Gasteiger partial charge < -0.3 is 19.7 Å². The molecule has 0 unspecified atom stereocenters. The number of nitrogens with zero attached hydrogens (tertiary/aromatic N) is 1. The minimum atomic E-state index is 0. The van der Waals surface area contributed by atoms with Gasteiger partial charge in [0.25, 0.3) is 0 Å². The van der Waals surface area contributed by atoms with Crippen LogP contribution in [0.5, 0.6) is 5.75 Å². The Labute approximate surface area is 151 Å². The fourth-order valence-electron chi connectivity index (χ4n) is 2.96. The van der Waals surface area contributed by atoms with Crippen LogP contribution in [0.3, 0.4) is 0 Å². The van der Waals surface area contributed by atoms with Crippen molar-refractivity contribution in [2.75, 3.05) is 47.0 Å². The Morgan fingerprint density at radius 1 is 1.21 bits per heavy atom. The van der Waals surface area contributed by atoms with Gasteiger partial charge in [0.2, 0.25) is 5.91 Å². The lowest BCUT2D eigenvalue weighted by atomic mass is 9.90. The van der Waals surface area contributed by atoms with Gasteiger partial charge in [0.05, 0.1) is 20.3 Å². The number of likely N-dealkylation sites (tertiary alicyclic amines) is 1. The predicted molar refractivity (Wildman–Crippen MR) is 98.0 cm³/mol. The molecule has 24 heavy (non-hydrogen) atoms. The maximum absolute atomic E-state index is 12.1. The minimum Gasteiger partial charge on any atom is -0.497 e. The zero-order valence-corrected chi connectivity index (χ0v) is 15.4. The average molecular weight is 357 g/mol. The summed E-state index contributed by atoms with van der Waals surface area (Å²) in [6.45, 7) is 3.50. The van der Waals surface area contributed by atoms with Crippen LogP contribution in [0.15, 0.2) is 24.3 Å². The Kier molecular flexibility index (Phi) is 9.76. The molecule has 6 heteroatoms. The molecular weight excluding hydrogens is 328 g/mol. The highest BCUT2D eigenvalue weighted by atomic mass is 35.5. The number of nitrogens with one attached hydrogen (secondary N) is 1. The first-order chi connectivity index (χ1) is 11.2. The van der Waals surface area contributed by atoms with E-state index in [0.29, 0.717) is 19.1 Å². The van der Waals surface area contributed by atoms with Crippen molar-refractivity contribution in [1.82, 2.24) is 10.2 Å². The van der Waals surface area contributed by atoms with Crippen LogP contribution < -0.4 is 10.1 Å². The Hall–Kier alpha value is -1.30. The largest absolute Gasteiger partial charge is 0.497 e. The lowest BCUT2D eigenvalue weighted by molar-refractivity contribution is -0.131. The van der Waals surface area contributed by atoms with E-state index in [4.69, 9.17) is 9.47 Å². The third-order valence-electron chi connectivity index (χ3n) is 4.41. The molecule has 0 aromatic heterocycles. The Bertz CT molecular complexity index is 474. The van der Waals surface area contributed by atoms with Crippen LogP contribution >= 0.6 is 12.4 Å². The van der Waals surface area contributed by atoms with Crippen LogP contribution in [0.1, 0.15) is 18.4 Å². The number of hydrogen-bond donors (Lipinski definition) is 1. The van der Waals surface area contributed by atoms with E-state index in [0.717, 1.165) is 44.6 Å². The quantitative estimate of drug-likeness (QED) is 0.725. The van der Waals surface area contributed by atoms with Gasteiger partial charge in [-0.05, 0) is 42.9 Å². The second-order valence-corrected chi connectivity index (χ2v) is 6.05. The van der Waals surface area contributed by atoms with Gasteiger partial charge in [0, 0.05) is 26.7 Å². The van der Waals surface area contributed by atoms with Gasteiger partial charge in [-0.25, -0.2) is 0 Å². The SMILES string of the molecule is COCCNCC(=O)N1CCC(Cc2ccc(OC)cc2)CC1.Cl. The summed E-state index contributed by atoms with van der Waals surface area (Å²) in [5.41, 5.74) is 1.34. The van der Waals surface area contributed by atoms with Gasteiger partial charge in [0.1, 0.15) is 5.75 Å². The van der Waals surface area contributed by atoms with Crippen LogP contribution in [-0.2, 0) is 16.0 Å². The Morgan fingerprint density at radius 2 is 1.88 bits per heavy atom. The van der Waals surface area contributed by atoms with E-state index in [2.05, 4.69) is 17.4 Å².